The van der Waals surface area contributed by atoms with Crippen LogP contribution in [0.15, 0.2) is 24.3 Å². The van der Waals surface area contributed by atoms with Crippen LogP contribution in [0.3, 0.4) is 0 Å². The molecule has 1 N–H and O–H groups in total. The zero-order valence-electron chi connectivity index (χ0n) is 15.4. The van der Waals surface area contributed by atoms with Gasteiger partial charge in [0.05, 0.1) is 0 Å². The lowest BCUT2D eigenvalue weighted by molar-refractivity contribution is 0.125. The minimum Gasteiger partial charge on any atom is -0.314 e. The Kier molecular flexibility index (Phi) is 8.55. The van der Waals surface area contributed by atoms with Gasteiger partial charge in [0.1, 0.15) is 0 Å². The van der Waals surface area contributed by atoms with Gasteiger partial charge in [-0.2, -0.15) is 0 Å². The minimum atomic E-state index is 0. The second-order valence-electron chi connectivity index (χ2n) is 8.15. The molecule has 4 heteroatoms. The Morgan fingerprint density at radius 2 is 1.50 bits per heavy atom. The zero-order valence-corrected chi connectivity index (χ0v) is 17.0. The Balaban J connectivity index is 0.00000144. The first-order valence-electron chi connectivity index (χ1n) is 9.11. The molecular formula is C20H34Cl2N2. The Bertz CT molecular complexity index is 469. The number of halogens is 2. The molecule has 0 radical (unpaired) electrons. The summed E-state index contributed by atoms with van der Waals surface area (Å²) in [4.78, 5) is 2.73. The third-order valence-corrected chi connectivity index (χ3v) is 5.51. The Labute approximate surface area is 160 Å². The minimum absolute atomic E-state index is 0. The van der Waals surface area contributed by atoms with Crippen molar-refractivity contribution >= 4 is 24.8 Å². The summed E-state index contributed by atoms with van der Waals surface area (Å²) in [5.74, 6) is 0.860. The Morgan fingerprint density at radius 3 is 2.00 bits per heavy atom. The van der Waals surface area contributed by atoms with Crippen molar-refractivity contribution < 1.29 is 0 Å². The quantitative estimate of drug-likeness (QED) is 0.805. The third-order valence-electron chi connectivity index (χ3n) is 5.51. The van der Waals surface area contributed by atoms with Gasteiger partial charge in [0, 0.05) is 32.2 Å². The summed E-state index contributed by atoms with van der Waals surface area (Å²) in [5.41, 5.74) is 3.24. The van der Waals surface area contributed by atoms with Crippen LogP contribution in [-0.4, -0.2) is 31.1 Å². The van der Waals surface area contributed by atoms with E-state index in [0.29, 0.717) is 6.04 Å². The molecular weight excluding hydrogens is 339 g/mol. The van der Waals surface area contributed by atoms with Crippen LogP contribution < -0.4 is 5.32 Å². The highest BCUT2D eigenvalue weighted by atomic mass is 35.5. The normalized spacial score (nSPS) is 21.0. The van der Waals surface area contributed by atoms with Crippen molar-refractivity contribution in [2.24, 2.45) is 5.92 Å². The molecule has 1 saturated heterocycles. The van der Waals surface area contributed by atoms with Crippen LogP contribution in [0.25, 0.3) is 0 Å². The topological polar surface area (TPSA) is 15.3 Å². The fourth-order valence-electron chi connectivity index (χ4n) is 4.19. The van der Waals surface area contributed by atoms with Crippen LogP contribution in [0.2, 0.25) is 0 Å². The highest BCUT2D eigenvalue weighted by Crippen LogP contribution is 2.40. The molecule has 1 aliphatic heterocycles. The lowest BCUT2D eigenvalue weighted by Gasteiger charge is -2.39. The van der Waals surface area contributed by atoms with Crippen molar-refractivity contribution in [1.82, 2.24) is 10.2 Å². The highest BCUT2D eigenvalue weighted by molar-refractivity contribution is 5.85. The third kappa shape index (κ3) is 5.11. The number of nitrogens with one attached hydrogen (secondary N) is 1. The van der Waals surface area contributed by atoms with Crippen LogP contribution in [0.5, 0.6) is 0 Å². The molecule has 1 atom stereocenters. The maximum Gasteiger partial charge on any atom is 0.0377 e. The lowest BCUT2D eigenvalue weighted by Crippen LogP contribution is -2.46. The molecule has 138 valence electrons. The van der Waals surface area contributed by atoms with Crippen LogP contribution in [0, 0.1) is 5.92 Å². The molecule has 0 amide bonds. The van der Waals surface area contributed by atoms with E-state index < -0.39 is 0 Å². The summed E-state index contributed by atoms with van der Waals surface area (Å²) in [6.07, 6.45) is 5.67. The number of benzene rings is 1. The summed E-state index contributed by atoms with van der Waals surface area (Å²) in [5, 5.41) is 3.50. The van der Waals surface area contributed by atoms with Crippen LogP contribution in [-0.2, 0) is 5.41 Å². The van der Waals surface area contributed by atoms with Crippen molar-refractivity contribution in [3.05, 3.63) is 35.4 Å². The number of nitrogens with zero attached hydrogens (tertiary/aromatic N) is 1. The molecule has 1 heterocycles. The average Bonchev–Trinajstić information content (AvgIpc) is 3.02. The Hall–Kier alpha value is -0.280. The van der Waals surface area contributed by atoms with Gasteiger partial charge in [0.15, 0.2) is 0 Å². The van der Waals surface area contributed by atoms with Crippen LogP contribution >= 0.6 is 24.8 Å². The monoisotopic (exact) mass is 372 g/mol. The SMILES string of the molecule is CC(C)(C)c1ccc([C@H](C2CCCC2)N2CCNCC2)cc1.Cl.Cl. The van der Waals surface area contributed by atoms with E-state index >= 15 is 0 Å². The van der Waals surface area contributed by atoms with Gasteiger partial charge in [0.2, 0.25) is 0 Å². The van der Waals surface area contributed by atoms with Crippen molar-refractivity contribution in [3.8, 4) is 0 Å². The molecule has 24 heavy (non-hydrogen) atoms. The van der Waals surface area contributed by atoms with Gasteiger partial charge in [-0.1, -0.05) is 57.9 Å². The zero-order chi connectivity index (χ0) is 15.6. The first-order valence-corrected chi connectivity index (χ1v) is 9.11. The smallest absolute Gasteiger partial charge is 0.0377 e. The van der Waals surface area contributed by atoms with Gasteiger partial charge in [-0.05, 0) is 35.3 Å². The van der Waals surface area contributed by atoms with E-state index in [9.17, 15) is 0 Å². The molecule has 2 aliphatic rings. The number of rotatable bonds is 3. The summed E-state index contributed by atoms with van der Waals surface area (Å²) < 4.78 is 0. The van der Waals surface area contributed by atoms with E-state index in [2.05, 4.69) is 55.3 Å². The first-order chi connectivity index (χ1) is 10.6. The first kappa shape index (κ1) is 21.8. The molecule has 1 aromatic rings. The molecule has 1 saturated carbocycles. The van der Waals surface area contributed by atoms with Crippen molar-refractivity contribution in [2.75, 3.05) is 26.2 Å². The molecule has 0 bridgehead atoms. The van der Waals surface area contributed by atoms with Gasteiger partial charge in [0.25, 0.3) is 0 Å². The number of piperazine rings is 1. The van der Waals surface area contributed by atoms with Gasteiger partial charge in [-0.15, -0.1) is 24.8 Å². The van der Waals surface area contributed by atoms with Gasteiger partial charge >= 0.3 is 0 Å². The van der Waals surface area contributed by atoms with Crippen LogP contribution in [0.1, 0.15) is 63.6 Å². The predicted octanol–water partition coefficient (Wildman–Crippen LogP) is 4.96. The fourth-order valence-corrected chi connectivity index (χ4v) is 4.19. The maximum atomic E-state index is 3.50. The van der Waals surface area contributed by atoms with Gasteiger partial charge in [-0.3, -0.25) is 4.90 Å². The van der Waals surface area contributed by atoms with E-state index in [1.54, 1.807) is 5.56 Å². The molecule has 0 unspecified atom stereocenters. The molecule has 2 fully saturated rings. The number of hydrogen-bond acceptors (Lipinski definition) is 2. The molecule has 0 aromatic heterocycles. The molecule has 1 aliphatic carbocycles. The van der Waals surface area contributed by atoms with Crippen LogP contribution in [0.4, 0.5) is 0 Å². The van der Waals surface area contributed by atoms with Crippen molar-refractivity contribution in [2.45, 2.75) is 57.9 Å². The molecule has 0 spiro atoms. The van der Waals surface area contributed by atoms with E-state index in [1.165, 1.54) is 44.3 Å². The van der Waals surface area contributed by atoms with E-state index in [4.69, 9.17) is 0 Å². The predicted molar refractivity (Wildman–Crippen MR) is 109 cm³/mol. The average molecular weight is 373 g/mol. The number of hydrogen-bond donors (Lipinski definition) is 1. The summed E-state index contributed by atoms with van der Waals surface area (Å²) in [6, 6.07) is 10.2. The van der Waals surface area contributed by atoms with Gasteiger partial charge < -0.3 is 5.32 Å². The van der Waals surface area contributed by atoms with Crippen molar-refractivity contribution in [1.29, 1.82) is 0 Å². The molecule has 1 aromatic carbocycles. The lowest BCUT2D eigenvalue weighted by atomic mass is 9.84. The summed E-state index contributed by atoms with van der Waals surface area (Å²) >= 11 is 0. The second kappa shape index (κ2) is 9.43. The highest BCUT2D eigenvalue weighted by Gasteiger charge is 2.31. The van der Waals surface area contributed by atoms with E-state index in [0.717, 1.165) is 19.0 Å². The standard InChI is InChI=1S/C20H32N2.2ClH/c1-20(2,3)18-10-8-17(9-11-18)19(16-6-4-5-7-16)22-14-12-21-13-15-22;;/h8-11,16,19,21H,4-7,12-15H2,1-3H3;2*1H/t19-;;/m0../s1. The largest absolute Gasteiger partial charge is 0.314 e. The molecule has 3 rings (SSSR count). The maximum absolute atomic E-state index is 3.50. The van der Waals surface area contributed by atoms with Crippen molar-refractivity contribution in [3.63, 3.8) is 0 Å². The van der Waals surface area contributed by atoms with E-state index in [-0.39, 0.29) is 30.2 Å². The molecule has 2 nitrogen and oxygen atoms in total. The van der Waals surface area contributed by atoms with E-state index in [1.807, 2.05) is 0 Å². The summed E-state index contributed by atoms with van der Waals surface area (Å²) in [6.45, 7) is 11.6. The second-order valence-corrected chi connectivity index (χ2v) is 8.15. The Morgan fingerprint density at radius 1 is 0.958 bits per heavy atom. The summed E-state index contributed by atoms with van der Waals surface area (Å²) in [7, 11) is 0. The fraction of sp³-hybridized carbons (Fsp3) is 0.700. The van der Waals surface area contributed by atoms with Gasteiger partial charge in [-0.25, -0.2) is 0 Å².